The molecule has 0 saturated carbocycles. The van der Waals surface area contributed by atoms with E-state index < -0.39 is 34.8 Å². The number of halogens is 4. The number of carbonyl (C=O) groups excluding carboxylic acids is 1. The van der Waals surface area contributed by atoms with E-state index in [1.807, 2.05) is 12.1 Å². The van der Waals surface area contributed by atoms with Gasteiger partial charge in [-0.2, -0.15) is 4.39 Å². The highest BCUT2D eigenvalue weighted by atomic mass is 79.9. The summed E-state index contributed by atoms with van der Waals surface area (Å²) in [5.74, 6) is -5.19. The van der Waals surface area contributed by atoms with Crippen molar-refractivity contribution in [3.8, 4) is 5.75 Å². The van der Waals surface area contributed by atoms with Gasteiger partial charge in [0.15, 0.2) is 17.4 Å². The van der Waals surface area contributed by atoms with Gasteiger partial charge in [0.05, 0.1) is 18.4 Å². The molecular weight excluding hydrogens is 471 g/mol. The fraction of sp³-hybridized carbons (Fsp3) is 0.105. The number of anilines is 1. The van der Waals surface area contributed by atoms with Crippen molar-refractivity contribution in [1.29, 1.82) is 0 Å². The summed E-state index contributed by atoms with van der Waals surface area (Å²) in [7, 11) is 1.01. The molecule has 2 heterocycles. The van der Waals surface area contributed by atoms with Crippen molar-refractivity contribution in [1.82, 2.24) is 9.97 Å². The minimum atomic E-state index is -1.52. The van der Waals surface area contributed by atoms with Crippen LogP contribution in [0.4, 0.5) is 18.9 Å². The largest absolute Gasteiger partial charge is 0.491 e. The normalized spacial score (nSPS) is 10.7. The number of hydrogen-bond acceptors (Lipinski definition) is 5. The Morgan fingerprint density at radius 3 is 2.69 bits per heavy atom. The van der Waals surface area contributed by atoms with E-state index in [0.717, 1.165) is 12.7 Å². The summed E-state index contributed by atoms with van der Waals surface area (Å²) in [6.45, 7) is 0. The van der Waals surface area contributed by atoms with Crippen LogP contribution >= 0.6 is 27.7 Å². The topological polar surface area (TPSA) is 64.1 Å². The van der Waals surface area contributed by atoms with E-state index in [2.05, 4.69) is 36.0 Å². The zero-order valence-corrected chi connectivity index (χ0v) is 17.3. The van der Waals surface area contributed by atoms with E-state index in [1.165, 1.54) is 30.1 Å². The number of ether oxygens (including phenoxy) is 1. The lowest BCUT2D eigenvalue weighted by Gasteiger charge is -2.12. The van der Waals surface area contributed by atoms with Crippen molar-refractivity contribution >= 4 is 39.3 Å². The standard InChI is InChI=1S/C19H13BrF3N3O2S/c1-28-17-12(21)8-13(15(22)16(17)23)26-18(27)11-3-2-5-25-19(11)29-9-10-4-6-24-14(20)7-10/h2-8H,9H2,1H3,(H,26,27). The SMILES string of the molecule is COc1c(F)cc(NC(=O)c2cccnc2SCc2ccnc(Br)c2)c(F)c1F. The van der Waals surface area contributed by atoms with Gasteiger partial charge in [-0.15, -0.1) is 11.8 Å². The summed E-state index contributed by atoms with van der Waals surface area (Å²) < 4.78 is 47.0. The van der Waals surface area contributed by atoms with Crippen LogP contribution < -0.4 is 10.1 Å². The average molecular weight is 484 g/mol. The first-order chi connectivity index (χ1) is 13.9. The van der Waals surface area contributed by atoms with Crippen LogP contribution in [0.2, 0.25) is 0 Å². The Balaban J connectivity index is 1.82. The van der Waals surface area contributed by atoms with Crippen molar-refractivity contribution in [3.05, 3.63) is 75.9 Å². The summed E-state index contributed by atoms with van der Waals surface area (Å²) in [5, 5.41) is 2.57. The highest BCUT2D eigenvalue weighted by molar-refractivity contribution is 9.10. The molecule has 3 aromatic rings. The molecule has 1 aromatic carbocycles. The van der Waals surface area contributed by atoms with Gasteiger partial charge in [-0.05, 0) is 45.8 Å². The third-order valence-corrected chi connectivity index (χ3v) is 5.26. The van der Waals surface area contributed by atoms with Crippen molar-refractivity contribution in [2.45, 2.75) is 10.8 Å². The molecular formula is C19H13BrF3N3O2S. The molecule has 0 bridgehead atoms. The Morgan fingerprint density at radius 2 is 1.97 bits per heavy atom. The third kappa shape index (κ3) is 4.88. The second kappa shape index (κ2) is 9.27. The molecule has 0 fully saturated rings. The van der Waals surface area contributed by atoms with Crippen LogP contribution in [0.5, 0.6) is 5.75 Å². The van der Waals surface area contributed by atoms with Crippen LogP contribution in [0, 0.1) is 17.5 Å². The first kappa shape index (κ1) is 21.1. The molecule has 150 valence electrons. The maximum atomic E-state index is 14.1. The van der Waals surface area contributed by atoms with Crippen molar-refractivity contribution in [2.75, 3.05) is 12.4 Å². The zero-order valence-electron chi connectivity index (χ0n) is 14.9. The summed E-state index contributed by atoms with van der Waals surface area (Å²) in [4.78, 5) is 20.8. The summed E-state index contributed by atoms with van der Waals surface area (Å²) >= 11 is 4.57. The lowest BCUT2D eigenvalue weighted by Crippen LogP contribution is -2.16. The van der Waals surface area contributed by atoms with E-state index in [4.69, 9.17) is 0 Å². The lowest BCUT2D eigenvalue weighted by atomic mass is 10.2. The molecule has 10 heteroatoms. The van der Waals surface area contributed by atoms with Crippen molar-refractivity contribution < 1.29 is 22.7 Å². The van der Waals surface area contributed by atoms with Gasteiger partial charge in [0.2, 0.25) is 5.82 Å². The molecule has 1 amide bonds. The van der Waals surface area contributed by atoms with Crippen LogP contribution in [0.3, 0.4) is 0 Å². The lowest BCUT2D eigenvalue weighted by molar-refractivity contribution is 0.102. The van der Waals surface area contributed by atoms with Crippen molar-refractivity contribution in [3.63, 3.8) is 0 Å². The zero-order chi connectivity index (χ0) is 21.0. The number of aromatic nitrogens is 2. The molecule has 29 heavy (non-hydrogen) atoms. The number of nitrogens with one attached hydrogen (secondary N) is 1. The maximum Gasteiger partial charge on any atom is 0.258 e. The van der Waals surface area contributed by atoms with Gasteiger partial charge >= 0.3 is 0 Å². The molecule has 5 nitrogen and oxygen atoms in total. The quantitative estimate of drug-likeness (QED) is 0.296. The van der Waals surface area contributed by atoms with Crippen LogP contribution in [0.15, 0.2) is 52.4 Å². The predicted octanol–water partition coefficient (Wildman–Crippen LogP) is 5.21. The Morgan fingerprint density at radius 1 is 1.17 bits per heavy atom. The fourth-order valence-corrected chi connectivity index (χ4v) is 3.76. The molecule has 0 radical (unpaired) electrons. The van der Waals surface area contributed by atoms with Gasteiger partial charge in [-0.25, -0.2) is 18.7 Å². The van der Waals surface area contributed by atoms with Gasteiger partial charge in [-0.3, -0.25) is 4.79 Å². The van der Waals surface area contributed by atoms with Gasteiger partial charge in [0.1, 0.15) is 9.63 Å². The number of rotatable bonds is 6. The monoisotopic (exact) mass is 483 g/mol. The number of pyridine rings is 2. The number of methoxy groups -OCH3 is 1. The predicted molar refractivity (Wildman–Crippen MR) is 107 cm³/mol. The van der Waals surface area contributed by atoms with E-state index in [9.17, 15) is 18.0 Å². The van der Waals surface area contributed by atoms with Crippen LogP contribution in [-0.2, 0) is 5.75 Å². The molecule has 0 saturated heterocycles. The van der Waals surface area contributed by atoms with Gasteiger partial charge in [0, 0.05) is 24.2 Å². The number of benzene rings is 1. The van der Waals surface area contributed by atoms with E-state index in [0.29, 0.717) is 21.4 Å². The molecule has 0 aliphatic heterocycles. The number of nitrogens with zero attached hydrogens (tertiary/aromatic N) is 2. The van der Waals surface area contributed by atoms with Crippen LogP contribution in [-0.4, -0.2) is 23.0 Å². The number of hydrogen-bond donors (Lipinski definition) is 1. The number of amides is 1. The summed E-state index contributed by atoms with van der Waals surface area (Å²) in [6.07, 6.45) is 3.15. The average Bonchev–Trinajstić information content (AvgIpc) is 2.71. The van der Waals surface area contributed by atoms with Gasteiger partial charge in [0.25, 0.3) is 5.91 Å². The smallest absolute Gasteiger partial charge is 0.258 e. The minimum Gasteiger partial charge on any atom is -0.491 e. The molecule has 1 N–H and O–H groups in total. The van der Waals surface area contributed by atoms with Crippen molar-refractivity contribution in [2.24, 2.45) is 0 Å². The first-order valence-electron chi connectivity index (χ1n) is 8.11. The molecule has 0 atom stereocenters. The highest BCUT2D eigenvalue weighted by Crippen LogP contribution is 2.30. The van der Waals surface area contributed by atoms with E-state index >= 15 is 0 Å². The second-order valence-electron chi connectivity index (χ2n) is 5.65. The van der Waals surface area contributed by atoms with E-state index in [-0.39, 0.29) is 5.56 Å². The van der Waals surface area contributed by atoms with Gasteiger partial charge < -0.3 is 10.1 Å². The summed E-state index contributed by atoms with van der Waals surface area (Å²) in [6, 6.07) is 7.33. The van der Waals surface area contributed by atoms with Crippen LogP contribution in [0.25, 0.3) is 0 Å². The summed E-state index contributed by atoms with van der Waals surface area (Å²) in [5.41, 5.74) is 0.449. The number of carbonyl (C=O) groups is 1. The maximum absolute atomic E-state index is 14.1. The Kier molecular flexibility index (Phi) is 6.75. The highest BCUT2D eigenvalue weighted by Gasteiger charge is 2.22. The fourth-order valence-electron chi connectivity index (χ4n) is 2.41. The van der Waals surface area contributed by atoms with E-state index in [1.54, 1.807) is 6.20 Å². The Bertz CT molecular complexity index is 1070. The molecule has 0 spiro atoms. The molecule has 0 unspecified atom stereocenters. The minimum absolute atomic E-state index is 0.140. The molecule has 0 aliphatic rings. The van der Waals surface area contributed by atoms with Crippen LogP contribution in [0.1, 0.15) is 15.9 Å². The third-order valence-electron chi connectivity index (χ3n) is 3.75. The molecule has 3 rings (SSSR count). The molecule has 0 aliphatic carbocycles. The number of thioether (sulfide) groups is 1. The molecule has 2 aromatic heterocycles. The Labute approximate surface area is 176 Å². The first-order valence-corrected chi connectivity index (χ1v) is 9.89. The van der Waals surface area contributed by atoms with Gasteiger partial charge in [-0.1, -0.05) is 0 Å². The Hall–Kier alpha value is -2.59. The second-order valence-corrected chi connectivity index (χ2v) is 7.43.